The van der Waals surface area contributed by atoms with Crippen LogP contribution in [-0.4, -0.2) is 23.8 Å². The fourth-order valence-electron chi connectivity index (χ4n) is 3.33. The first-order valence-electron chi connectivity index (χ1n) is 8.87. The van der Waals surface area contributed by atoms with E-state index in [1.165, 1.54) is 0 Å². The standard InChI is InChI=1S/C22H20N2O3S/c1-14-19-21(28-20(14)15-7-5-4-6-8-15)23-13-24(22(19)25)12-16-11-17(26-2)9-10-18(16)27-3/h4-11,13H,12H2,1-3H3. The molecule has 0 saturated carbocycles. The number of benzene rings is 2. The van der Waals surface area contributed by atoms with Gasteiger partial charge in [0.1, 0.15) is 16.3 Å². The highest BCUT2D eigenvalue weighted by molar-refractivity contribution is 7.22. The Bertz CT molecular complexity index is 1200. The molecule has 0 aliphatic heterocycles. The van der Waals surface area contributed by atoms with Crippen molar-refractivity contribution in [3.8, 4) is 21.9 Å². The number of fused-ring (bicyclic) bond motifs is 1. The van der Waals surface area contributed by atoms with Crippen molar-refractivity contribution in [2.45, 2.75) is 13.5 Å². The van der Waals surface area contributed by atoms with Crippen LogP contribution >= 0.6 is 11.3 Å². The summed E-state index contributed by atoms with van der Waals surface area (Å²) in [4.78, 5) is 19.6. The zero-order valence-corrected chi connectivity index (χ0v) is 16.7. The molecule has 0 bridgehead atoms. The third-order valence-electron chi connectivity index (χ3n) is 4.78. The Morgan fingerprint density at radius 1 is 1.07 bits per heavy atom. The summed E-state index contributed by atoms with van der Waals surface area (Å²) >= 11 is 1.55. The van der Waals surface area contributed by atoms with Crippen molar-refractivity contribution >= 4 is 21.6 Å². The minimum atomic E-state index is -0.0502. The zero-order chi connectivity index (χ0) is 19.7. The van der Waals surface area contributed by atoms with E-state index in [0.717, 1.165) is 32.1 Å². The Kier molecular flexibility index (Phi) is 4.88. The van der Waals surface area contributed by atoms with Crippen molar-refractivity contribution in [2.24, 2.45) is 0 Å². The van der Waals surface area contributed by atoms with Crippen molar-refractivity contribution in [2.75, 3.05) is 14.2 Å². The fraction of sp³-hybridized carbons (Fsp3) is 0.182. The van der Waals surface area contributed by atoms with Gasteiger partial charge >= 0.3 is 0 Å². The number of hydrogen-bond donors (Lipinski definition) is 0. The lowest BCUT2D eigenvalue weighted by Gasteiger charge is -2.12. The van der Waals surface area contributed by atoms with Gasteiger partial charge in [-0.3, -0.25) is 9.36 Å². The summed E-state index contributed by atoms with van der Waals surface area (Å²) in [5.41, 5.74) is 2.88. The van der Waals surface area contributed by atoms with Crippen molar-refractivity contribution in [3.05, 3.63) is 76.3 Å². The van der Waals surface area contributed by atoms with E-state index in [0.29, 0.717) is 17.7 Å². The molecule has 2 heterocycles. The van der Waals surface area contributed by atoms with E-state index in [1.54, 1.807) is 36.5 Å². The molecule has 0 unspecified atom stereocenters. The normalized spacial score (nSPS) is 11.0. The minimum Gasteiger partial charge on any atom is -0.497 e. The summed E-state index contributed by atoms with van der Waals surface area (Å²) in [5.74, 6) is 1.43. The van der Waals surface area contributed by atoms with Crippen molar-refractivity contribution in [1.29, 1.82) is 0 Å². The van der Waals surface area contributed by atoms with E-state index in [9.17, 15) is 4.79 Å². The van der Waals surface area contributed by atoms with Crippen LogP contribution < -0.4 is 15.0 Å². The lowest BCUT2D eigenvalue weighted by Crippen LogP contribution is -2.21. The van der Waals surface area contributed by atoms with E-state index in [2.05, 4.69) is 17.1 Å². The third kappa shape index (κ3) is 3.16. The second-order valence-electron chi connectivity index (χ2n) is 6.46. The van der Waals surface area contributed by atoms with Crippen LogP contribution in [-0.2, 0) is 6.54 Å². The highest BCUT2D eigenvalue weighted by Gasteiger charge is 2.16. The number of ether oxygens (including phenoxy) is 2. The number of hydrogen-bond acceptors (Lipinski definition) is 5. The molecule has 6 heteroatoms. The summed E-state index contributed by atoms with van der Waals surface area (Å²) in [5, 5.41) is 0.674. The molecule has 2 aromatic carbocycles. The number of methoxy groups -OCH3 is 2. The molecule has 4 aromatic rings. The predicted molar refractivity (Wildman–Crippen MR) is 113 cm³/mol. The molecule has 4 rings (SSSR count). The second-order valence-corrected chi connectivity index (χ2v) is 7.46. The first kappa shape index (κ1) is 18.3. The number of aromatic nitrogens is 2. The molecule has 0 spiro atoms. The predicted octanol–water partition coefficient (Wildman–Crippen LogP) is 4.50. The Labute approximate surface area is 166 Å². The first-order chi connectivity index (χ1) is 13.6. The van der Waals surface area contributed by atoms with Crippen LogP contribution in [0.15, 0.2) is 59.7 Å². The summed E-state index contributed by atoms with van der Waals surface area (Å²) in [7, 11) is 3.23. The molecule has 28 heavy (non-hydrogen) atoms. The molecule has 0 N–H and O–H groups in total. The molecular formula is C22H20N2O3S. The molecule has 5 nitrogen and oxygen atoms in total. The van der Waals surface area contributed by atoms with Crippen LogP contribution in [0.3, 0.4) is 0 Å². The highest BCUT2D eigenvalue weighted by atomic mass is 32.1. The summed E-state index contributed by atoms with van der Waals surface area (Å²) in [6.45, 7) is 2.35. The SMILES string of the molecule is COc1ccc(OC)c(Cn2cnc3sc(-c4ccccc4)c(C)c3c2=O)c1. The van der Waals surface area contributed by atoms with Gasteiger partial charge in [-0.05, 0) is 36.2 Å². The Morgan fingerprint density at radius 3 is 2.57 bits per heavy atom. The number of rotatable bonds is 5. The van der Waals surface area contributed by atoms with E-state index >= 15 is 0 Å². The third-order valence-corrected chi connectivity index (χ3v) is 6.03. The van der Waals surface area contributed by atoms with E-state index in [1.807, 2.05) is 43.3 Å². The summed E-state index contributed by atoms with van der Waals surface area (Å²) in [6, 6.07) is 15.6. The lowest BCUT2D eigenvalue weighted by atomic mass is 10.1. The second kappa shape index (κ2) is 7.48. The van der Waals surface area contributed by atoms with E-state index in [-0.39, 0.29) is 5.56 Å². The average Bonchev–Trinajstić information content (AvgIpc) is 3.07. The van der Waals surface area contributed by atoms with E-state index < -0.39 is 0 Å². The molecular weight excluding hydrogens is 372 g/mol. The van der Waals surface area contributed by atoms with Gasteiger partial charge in [0.25, 0.3) is 5.56 Å². The van der Waals surface area contributed by atoms with Gasteiger partial charge in [-0.25, -0.2) is 4.98 Å². The lowest BCUT2D eigenvalue weighted by molar-refractivity contribution is 0.397. The number of nitrogens with zero attached hydrogens (tertiary/aromatic N) is 2. The Balaban J connectivity index is 1.81. The molecule has 0 saturated heterocycles. The maximum atomic E-state index is 13.2. The van der Waals surface area contributed by atoms with Gasteiger partial charge in [0.15, 0.2) is 0 Å². The largest absolute Gasteiger partial charge is 0.497 e. The van der Waals surface area contributed by atoms with Crippen LogP contribution in [0.2, 0.25) is 0 Å². The molecule has 0 aliphatic carbocycles. The molecule has 142 valence electrons. The molecule has 2 aromatic heterocycles. The van der Waals surface area contributed by atoms with Crippen molar-refractivity contribution < 1.29 is 9.47 Å². The monoisotopic (exact) mass is 392 g/mol. The van der Waals surface area contributed by atoms with Crippen LogP contribution in [0, 0.1) is 6.92 Å². The maximum absolute atomic E-state index is 13.2. The maximum Gasteiger partial charge on any atom is 0.262 e. The molecule has 0 radical (unpaired) electrons. The number of thiophene rings is 1. The topological polar surface area (TPSA) is 53.4 Å². The van der Waals surface area contributed by atoms with Gasteiger partial charge in [-0.15, -0.1) is 11.3 Å². The Morgan fingerprint density at radius 2 is 1.86 bits per heavy atom. The number of aryl methyl sites for hydroxylation is 1. The van der Waals surface area contributed by atoms with Crippen LogP contribution in [0.25, 0.3) is 20.7 Å². The van der Waals surface area contributed by atoms with Gasteiger partial charge in [0, 0.05) is 10.4 Å². The van der Waals surface area contributed by atoms with Crippen molar-refractivity contribution in [3.63, 3.8) is 0 Å². The minimum absolute atomic E-state index is 0.0502. The summed E-state index contributed by atoms with van der Waals surface area (Å²) < 4.78 is 12.4. The van der Waals surface area contributed by atoms with Gasteiger partial charge in [0.05, 0.1) is 32.5 Å². The zero-order valence-electron chi connectivity index (χ0n) is 15.9. The Hall–Kier alpha value is -3.12. The van der Waals surface area contributed by atoms with Crippen molar-refractivity contribution in [1.82, 2.24) is 9.55 Å². The smallest absolute Gasteiger partial charge is 0.262 e. The fourth-order valence-corrected chi connectivity index (χ4v) is 4.47. The first-order valence-corrected chi connectivity index (χ1v) is 9.69. The highest BCUT2D eigenvalue weighted by Crippen LogP contribution is 2.35. The quantitative estimate of drug-likeness (QED) is 0.502. The van der Waals surface area contributed by atoms with Gasteiger partial charge in [-0.1, -0.05) is 30.3 Å². The van der Waals surface area contributed by atoms with Gasteiger partial charge < -0.3 is 9.47 Å². The van der Waals surface area contributed by atoms with Crippen LogP contribution in [0.1, 0.15) is 11.1 Å². The van der Waals surface area contributed by atoms with Crippen LogP contribution in [0.5, 0.6) is 11.5 Å². The van der Waals surface area contributed by atoms with Gasteiger partial charge in [0.2, 0.25) is 0 Å². The molecule has 0 atom stereocenters. The van der Waals surface area contributed by atoms with Gasteiger partial charge in [-0.2, -0.15) is 0 Å². The summed E-state index contributed by atoms with van der Waals surface area (Å²) in [6.07, 6.45) is 1.61. The molecule has 0 fully saturated rings. The molecule has 0 amide bonds. The van der Waals surface area contributed by atoms with E-state index in [4.69, 9.17) is 9.47 Å². The average molecular weight is 392 g/mol. The molecule has 0 aliphatic rings. The van der Waals surface area contributed by atoms with Crippen LogP contribution in [0.4, 0.5) is 0 Å².